The van der Waals surface area contributed by atoms with E-state index in [0.717, 1.165) is 17.3 Å². The van der Waals surface area contributed by atoms with Gasteiger partial charge in [0.1, 0.15) is 5.76 Å². The molecule has 0 unspecified atom stereocenters. The maximum atomic E-state index is 12.3. The first-order valence-electron chi connectivity index (χ1n) is 6.28. The molecule has 0 radical (unpaired) electrons. The Balaban J connectivity index is 1.81. The number of carbonyl (C=O) groups excluding carboxylic acids is 2. The van der Waals surface area contributed by atoms with E-state index in [0.29, 0.717) is 20.4 Å². The fourth-order valence-electron chi connectivity index (χ4n) is 1.99. The molecule has 7 heteroatoms. The molecule has 2 amide bonds. The van der Waals surface area contributed by atoms with Gasteiger partial charge in [0.2, 0.25) is 0 Å². The molecule has 1 aromatic carbocycles. The molecule has 112 valence electrons. The van der Waals surface area contributed by atoms with Crippen LogP contribution in [0.25, 0.3) is 6.08 Å². The summed E-state index contributed by atoms with van der Waals surface area (Å²) in [6, 6.07) is 10.5. The second-order valence-corrected chi connectivity index (χ2v) is 6.75. The van der Waals surface area contributed by atoms with Crippen LogP contribution in [0.15, 0.2) is 50.4 Å². The topological polar surface area (TPSA) is 50.5 Å². The average Bonchev–Trinajstić information content (AvgIpc) is 2.98. The third-order valence-electron chi connectivity index (χ3n) is 2.97. The number of furan rings is 1. The minimum absolute atomic E-state index is 0.199. The zero-order valence-electron chi connectivity index (χ0n) is 11.1. The van der Waals surface area contributed by atoms with E-state index >= 15 is 0 Å². The van der Waals surface area contributed by atoms with Gasteiger partial charge in [-0.2, -0.15) is 0 Å². The number of imide groups is 1. The van der Waals surface area contributed by atoms with Crippen LogP contribution in [0.2, 0.25) is 5.02 Å². The SMILES string of the molecule is O=C1S/C(=C\c2ccc(Br)o2)C(=O)N1Cc1cccc(Cl)c1. The van der Waals surface area contributed by atoms with Crippen LogP contribution in [-0.4, -0.2) is 16.0 Å². The van der Waals surface area contributed by atoms with E-state index in [1.165, 1.54) is 4.90 Å². The van der Waals surface area contributed by atoms with Crippen LogP contribution in [0.4, 0.5) is 4.79 Å². The quantitative estimate of drug-likeness (QED) is 0.688. The highest BCUT2D eigenvalue weighted by molar-refractivity contribution is 9.10. The highest BCUT2D eigenvalue weighted by atomic mass is 79.9. The molecule has 0 saturated carbocycles. The van der Waals surface area contributed by atoms with Crippen molar-refractivity contribution in [2.45, 2.75) is 6.54 Å². The molecule has 1 aliphatic heterocycles. The Bertz CT molecular complexity index is 787. The number of nitrogens with zero attached hydrogens (tertiary/aromatic N) is 1. The maximum Gasteiger partial charge on any atom is 0.293 e. The van der Waals surface area contributed by atoms with Gasteiger partial charge in [-0.1, -0.05) is 23.7 Å². The van der Waals surface area contributed by atoms with Gasteiger partial charge in [-0.3, -0.25) is 14.5 Å². The summed E-state index contributed by atoms with van der Waals surface area (Å²) in [6.07, 6.45) is 1.56. The van der Waals surface area contributed by atoms with Crippen molar-refractivity contribution in [2.24, 2.45) is 0 Å². The number of rotatable bonds is 3. The molecular weight excluding hydrogens is 390 g/mol. The monoisotopic (exact) mass is 397 g/mol. The summed E-state index contributed by atoms with van der Waals surface area (Å²) in [7, 11) is 0. The number of amides is 2. The van der Waals surface area contributed by atoms with E-state index in [2.05, 4.69) is 15.9 Å². The number of hydrogen-bond donors (Lipinski definition) is 0. The fraction of sp³-hybridized carbons (Fsp3) is 0.0667. The van der Waals surface area contributed by atoms with Crippen molar-refractivity contribution in [1.29, 1.82) is 0 Å². The Hall–Kier alpha value is -1.50. The number of thioether (sulfide) groups is 1. The molecule has 1 saturated heterocycles. The molecule has 4 nitrogen and oxygen atoms in total. The second kappa shape index (κ2) is 6.32. The molecule has 2 heterocycles. The van der Waals surface area contributed by atoms with Crippen LogP contribution in [0.5, 0.6) is 0 Å². The van der Waals surface area contributed by atoms with Crippen molar-refractivity contribution < 1.29 is 14.0 Å². The summed E-state index contributed by atoms with van der Waals surface area (Å²) in [5.41, 5.74) is 0.803. The van der Waals surface area contributed by atoms with E-state index in [4.69, 9.17) is 16.0 Å². The highest BCUT2D eigenvalue weighted by Gasteiger charge is 2.35. The van der Waals surface area contributed by atoms with Gasteiger partial charge in [0.15, 0.2) is 4.67 Å². The van der Waals surface area contributed by atoms with Crippen LogP contribution in [0.3, 0.4) is 0 Å². The highest BCUT2D eigenvalue weighted by Crippen LogP contribution is 2.34. The first-order valence-corrected chi connectivity index (χ1v) is 8.27. The lowest BCUT2D eigenvalue weighted by molar-refractivity contribution is -0.123. The number of halogens is 2. The average molecular weight is 399 g/mol. The van der Waals surface area contributed by atoms with Gasteiger partial charge in [0.05, 0.1) is 11.4 Å². The van der Waals surface area contributed by atoms with Crippen LogP contribution >= 0.6 is 39.3 Å². The van der Waals surface area contributed by atoms with E-state index < -0.39 is 0 Å². The Kier molecular flexibility index (Phi) is 4.42. The normalized spacial score (nSPS) is 16.8. The summed E-state index contributed by atoms with van der Waals surface area (Å²) in [5, 5.41) is 0.266. The molecule has 2 aromatic rings. The van der Waals surface area contributed by atoms with Gasteiger partial charge in [0, 0.05) is 11.1 Å². The standard InChI is InChI=1S/C15H9BrClNO3S/c16-13-5-4-11(21-13)7-12-14(19)18(15(20)22-12)8-9-2-1-3-10(17)6-9/h1-7H,8H2/b12-7-. The van der Waals surface area contributed by atoms with E-state index in [1.807, 2.05) is 6.07 Å². The van der Waals surface area contributed by atoms with Crippen LogP contribution < -0.4 is 0 Å². The van der Waals surface area contributed by atoms with Crippen molar-refractivity contribution >= 4 is 56.5 Å². The Labute approximate surface area is 144 Å². The number of benzene rings is 1. The largest absolute Gasteiger partial charge is 0.450 e. The van der Waals surface area contributed by atoms with Gasteiger partial charge in [-0.15, -0.1) is 0 Å². The van der Waals surface area contributed by atoms with Crippen molar-refractivity contribution in [3.8, 4) is 0 Å². The summed E-state index contributed by atoms with van der Waals surface area (Å²) in [4.78, 5) is 25.9. The molecule has 0 bridgehead atoms. The summed E-state index contributed by atoms with van der Waals surface area (Å²) in [6.45, 7) is 0.199. The smallest absolute Gasteiger partial charge is 0.293 e. The summed E-state index contributed by atoms with van der Waals surface area (Å²) < 4.78 is 5.89. The van der Waals surface area contributed by atoms with E-state index in [1.54, 1.807) is 36.4 Å². The summed E-state index contributed by atoms with van der Waals surface area (Å²) in [5.74, 6) is 0.183. The minimum Gasteiger partial charge on any atom is -0.450 e. The van der Waals surface area contributed by atoms with E-state index in [-0.39, 0.29) is 17.7 Å². The van der Waals surface area contributed by atoms with E-state index in [9.17, 15) is 9.59 Å². The zero-order valence-corrected chi connectivity index (χ0v) is 14.2. The predicted molar refractivity (Wildman–Crippen MR) is 89.4 cm³/mol. The van der Waals surface area contributed by atoms with Gasteiger partial charge in [0.25, 0.3) is 11.1 Å². The van der Waals surface area contributed by atoms with Crippen molar-refractivity contribution in [1.82, 2.24) is 4.90 Å². The Morgan fingerprint density at radius 1 is 1.27 bits per heavy atom. The van der Waals surface area contributed by atoms with Crippen LogP contribution in [-0.2, 0) is 11.3 Å². The molecule has 0 spiro atoms. The van der Waals surface area contributed by atoms with Crippen molar-refractivity contribution in [3.05, 3.63) is 62.3 Å². The molecule has 22 heavy (non-hydrogen) atoms. The molecule has 1 fully saturated rings. The van der Waals surface area contributed by atoms with Gasteiger partial charge in [-0.25, -0.2) is 0 Å². The van der Waals surface area contributed by atoms with Crippen molar-refractivity contribution in [2.75, 3.05) is 0 Å². The maximum absolute atomic E-state index is 12.3. The second-order valence-electron chi connectivity index (χ2n) is 4.54. The summed E-state index contributed by atoms with van der Waals surface area (Å²) >= 11 is 10.0. The number of carbonyl (C=O) groups is 2. The molecule has 0 atom stereocenters. The lowest BCUT2D eigenvalue weighted by Crippen LogP contribution is -2.27. The van der Waals surface area contributed by atoms with Crippen LogP contribution in [0.1, 0.15) is 11.3 Å². The van der Waals surface area contributed by atoms with Crippen molar-refractivity contribution in [3.63, 3.8) is 0 Å². The molecule has 1 aromatic heterocycles. The van der Waals surface area contributed by atoms with Crippen LogP contribution in [0, 0.1) is 0 Å². The molecule has 0 aliphatic carbocycles. The lowest BCUT2D eigenvalue weighted by atomic mass is 10.2. The minimum atomic E-state index is -0.331. The number of hydrogen-bond acceptors (Lipinski definition) is 4. The predicted octanol–water partition coefficient (Wildman–Crippen LogP) is 4.93. The fourth-order valence-corrected chi connectivity index (χ4v) is 3.34. The lowest BCUT2D eigenvalue weighted by Gasteiger charge is -2.12. The zero-order chi connectivity index (χ0) is 15.7. The Morgan fingerprint density at radius 2 is 2.09 bits per heavy atom. The third kappa shape index (κ3) is 3.29. The molecule has 1 aliphatic rings. The molecular formula is C15H9BrClNO3S. The first kappa shape index (κ1) is 15.4. The first-order chi connectivity index (χ1) is 10.5. The van der Waals surface area contributed by atoms with Gasteiger partial charge in [-0.05, 0) is 57.5 Å². The molecule has 3 rings (SSSR count). The molecule has 0 N–H and O–H groups in total. The van der Waals surface area contributed by atoms with Gasteiger partial charge < -0.3 is 4.42 Å². The third-order valence-corrected chi connectivity index (χ3v) is 4.54. The van der Waals surface area contributed by atoms with Gasteiger partial charge >= 0.3 is 0 Å². The Morgan fingerprint density at radius 3 is 2.77 bits per heavy atom.